The molecule has 0 radical (unpaired) electrons. The lowest BCUT2D eigenvalue weighted by Crippen LogP contribution is -2.50. The Hall–Kier alpha value is -2.34. The Kier molecular flexibility index (Phi) is 9.17. The zero-order valence-corrected chi connectivity index (χ0v) is 22.4. The summed E-state index contributed by atoms with van der Waals surface area (Å²) in [5, 5.41) is 2.10. The summed E-state index contributed by atoms with van der Waals surface area (Å²) in [6.45, 7) is 13.7. The maximum Gasteiger partial charge on any atom is 0.242 e. The lowest BCUT2D eigenvalue weighted by atomic mass is 10.00. The minimum Gasteiger partial charge on any atom is -0.491 e. The Bertz CT molecular complexity index is 951. The first-order chi connectivity index (χ1) is 16.2. The van der Waals surface area contributed by atoms with Gasteiger partial charge in [-0.1, -0.05) is 46.8 Å². The minimum absolute atomic E-state index is 0.00184. The molecule has 1 aromatic heterocycles. The van der Waals surface area contributed by atoms with Gasteiger partial charge in [0.2, 0.25) is 11.8 Å². The second kappa shape index (κ2) is 11.9. The van der Waals surface area contributed by atoms with E-state index in [2.05, 4.69) is 44.4 Å². The third-order valence-corrected chi connectivity index (χ3v) is 7.70. The van der Waals surface area contributed by atoms with Crippen LogP contribution in [0.4, 0.5) is 0 Å². The molecule has 6 heteroatoms. The van der Waals surface area contributed by atoms with Gasteiger partial charge in [0.1, 0.15) is 18.9 Å². The minimum atomic E-state index is -0.147. The number of carbonyl (C=O) groups is 2. The fourth-order valence-corrected chi connectivity index (χ4v) is 5.34. The van der Waals surface area contributed by atoms with Gasteiger partial charge >= 0.3 is 0 Å². The summed E-state index contributed by atoms with van der Waals surface area (Å²) in [5.41, 5.74) is 2.45. The molecule has 1 aliphatic rings. The third kappa shape index (κ3) is 6.41. The van der Waals surface area contributed by atoms with Crippen molar-refractivity contribution in [2.45, 2.75) is 78.8 Å². The summed E-state index contributed by atoms with van der Waals surface area (Å²) >= 11 is 1.75. The number of benzene rings is 1. The van der Waals surface area contributed by atoms with E-state index >= 15 is 0 Å². The van der Waals surface area contributed by atoms with Crippen molar-refractivity contribution >= 4 is 23.2 Å². The van der Waals surface area contributed by atoms with E-state index < -0.39 is 0 Å². The number of thiophene rings is 1. The van der Waals surface area contributed by atoms with E-state index in [0.717, 1.165) is 18.6 Å². The molecule has 0 bridgehead atoms. The predicted molar refractivity (Wildman–Crippen MR) is 139 cm³/mol. The predicted octanol–water partition coefficient (Wildman–Crippen LogP) is 6.05. The maximum absolute atomic E-state index is 13.6. The molecule has 3 rings (SSSR count). The molecule has 0 N–H and O–H groups in total. The normalized spacial score (nSPS) is 16.5. The Morgan fingerprint density at radius 2 is 1.82 bits per heavy atom. The standard InChI is InChI=1S/C28H40N2O3S/c1-7-21(6)30(27(31)16-19(2)3)17-28(32)29-14-12-26-24(13-15-34-26)25(29)18-33-23-10-8-22(9-11-23)20(4)5/h8-11,13,15,19-21,25H,7,12,14,16-18H2,1-6H3/t21-,25+/m1/s1. The van der Waals surface area contributed by atoms with Gasteiger partial charge in [-0.15, -0.1) is 11.3 Å². The molecular formula is C28H40N2O3S. The number of hydrogen-bond acceptors (Lipinski definition) is 4. The molecule has 2 amide bonds. The van der Waals surface area contributed by atoms with Gasteiger partial charge in [-0.05, 0) is 66.3 Å². The van der Waals surface area contributed by atoms with Gasteiger partial charge in [0.05, 0.1) is 6.04 Å². The Morgan fingerprint density at radius 1 is 1.12 bits per heavy atom. The van der Waals surface area contributed by atoms with Crippen LogP contribution in [0.2, 0.25) is 0 Å². The topological polar surface area (TPSA) is 49.9 Å². The Morgan fingerprint density at radius 3 is 2.44 bits per heavy atom. The smallest absolute Gasteiger partial charge is 0.242 e. The summed E-state index contributed by atoms with van der Waals surface area (Å²) < 4.78 is 6.19. The molecule has 1 aliphatic heterocycles. The molecule has 2 atom stereocenters. The summed E-state index contributed by atoms with van der Waals surface area (Å²) in [5.74, 6) is 1.61. The van der Waals surface area contributed by atoms with Gasteiger partial charge in [0.25, 0.3) is 0 Å². The van der Waals surface area contributed by atoms with Gasteiger partial charge in [0.15, 0.2) is 0 Å². The first-order valence-corrected chi connectivity index (χ1v) is 13.5. The first-order valence-electron chi connectivity index (χ1n) is 12.6. The average molecular weight is 485 g/mol. The van der Waals surface area contributed by atoms with Crippen molar-refractivity contribution in [2.75, 3.05) is 19.7 Å². The summed E-state index contributed by atoms with van der Waals surface area (Å²) in [6, 6.07) is 10.2. The van der Waals surface area contributed by atoms with Crippen molar-refractivity contribution < 1.29 is 14.3 Å². The summed E-state index contributed by atoms with van der Waals surface area (Å²) in [6.07, 6.45) is 2.14. The second-order valence-electron chi connectivity index (χ2n) is 10.1. The third-order valence-electron chi connectivity index (χ3n) is 6.70. The van der Waals surface area contributed by atoms with Crippen molar-refractivity contribution in [1.82, 2.24) is 9.80 Å². The van der Waals surface area contributed by atoms with Crippen LogP contribution < -0.4 is 4.74 Å². The van der Waals surface area contributed by atoms with Crippen LogP contribution in [0.25, 0.3) is 0 Å². The van der Waals surface area contributed by atoms with Crippen LogP contribution in [0, 0.1) is 5.92 Å². The highest BCUT2D eigenvalue weighted by Gasteiger charge is 2.34. The van der Waals surface area contributed by atoms with Crippen molar-refractivity contribution in [2.24, 2.45) is 5.92 Å². The van der Waals surface area contributed by atoms with Crippen LogP contribution in [0.15, 0.2) is 35.7 Å². The van der Waals surface area contributed by atoms with Crippen LogP contribution in [0.1, 0.15) is 82.3 Å². The van der Waals surface area contributed by atoms with Gasteiger partial charge in [0, 0.05) is 23.9 Å². The van der Waals surface area contributed by atoms with Crippen molar-refractivity contribution in [3.05, 3.63) is 51.7 Å². The van der Waals surface area contributed by atoms with Crippen LogP contribution in [-0.4, -0.2) is 47.4 Å². The SMILES string of the molecule is CC[C@@H](C)N(CC(=O)N1CCc2sccc2[C@@H]1COc1ccc(C(C)C)cc1)C(=O)CC(C)C. The van der Waals surface area contributed by atoms with E-state index in [1.807, 2.05) is 37.8 Å². The van der Waals surface area contributed by atoms with E-state index in [9.17, 15) is 9.59 Å². The lowest BCUT2D eigenvalue weighted by molar-refractivity contribution is -0.144. The number of ether oxygens (including phenoxy) is 1. The number of rotatable bonds is 10. The zero-order valence-electron chi connectivity index (χ0n) is 21.5. The van der Waals surface area contributed by atoms with Crippen LogP contribution >= 0.6 is 11.3 Å². The second-order valence-corrected chi connectivity index (χ2v) is 11.1. The Balaban J connectivity index is 1.76. The van der Waals surface area contributed by atoms with Crippen molar-refractivity contribution in [3.63, 3.8) is 0 Å². The van der Waals surface area contributed by atoms with Crippen molar-refractivity contribution in [3.8, 4) is 5.75 Å². The average Bonchev–Trinajstić information content (AvgIpc) is 3.29. The number of nitrogens with zero attached hydrogens (tertiary/aromatic N) is 2. The fourth-order valence-electron chi connectivity index (χ4n) is 4.41. The first kappa shape index (κ1) is 26.3. The van der Waals surface area contributed by atoms with Crippen LogP contribution in [0.3, 0.4) is 0 Å². The fraction of sp³-hybridized carbons (Fsp3) is 0.571. The molecule has 2 aromatic rings. The molecule has 0 fully saturated rings. The van der Waals surface area contributed by atoms with E-state index in [-0.39, 0.29) is 36.4 Å². The number of amides is 2. The van der Waals surface area contributed by atoms with Gasteiger partial charge < -0.3 is 14.5 Å². The Labute approximate surface area is 209 Å². The monoisotopic (exact) mass is 484 g/mol. The van der Waals surface area contributed by atoms with Crippen LogP contribution in [0.5, 0.6) is 5.75 Å². The maximum atomic E-state index is 13.6. The molecule has 1 aromatic carbocycles. The number of hydrogen-bond donors (Lipinski definition) is 0. The lowest BCUT2D eigenvalue weighted by Gasteiger charge is -2.38. The largest absolute Gasteiger partial charge is 0.491 e. The highest BCUT2D eigenvalue weighted by molar-refractivity contribution is 7.10. The highest BCUT2D eigenvalue weighted by atomic mass is 32.1. The molecule has 0 spiro atoms. The van der Waals surface area contributed by atoms with Gasteiger partial charge in [-0.2, -0.15) is 0 Å². The molecule has 0 aliphatic carbocycles. The number of fused-ring (bicyclic) bond motifs is 1. The molecule has 5 nitrogen and oxygen atoms in total. The molecule has 2 heterocycles. The molecule has 0 saturated carbocycles. The molecule has 34 heavy (non-hydrogen) atoms. The zero-order chi connectivity index (χ0) is 24.8. The summed E-state index contributed by atoms with van der Waals surface area (Å²) in [4.78, 5) is 31.5. The number of carbonyl (C=O) groups excluding carboxylic acids is 2. The van der Waals surface area contributed by atoms with E-state index in [0.29, 0.717) is 25.5 Å². The van der Waals surface area contributed by atoms with Gasteiger partial charge in [-0.25, -0.2) is 0 Å². The quantitative estimate of drug-likeness (QED) is 0.412. The van der Waals surface area contributed by atoms with E-state index in [1.165, 1.54) is 16.0 Å². The highest BCUT2D eigenvalue weighted by Crippen LogP contribution is 2.34. The summed E-state index contributed by atoms with van der Waals surface area (Å²) in [7, 11) is 0. The molecule has 0 saturated heterocycles. The van der Waals surface area contributed by atoms with Crippen molar-refractivity contribution in [1.29, 1.82) is 0 Å². The van der Waals surface area contributed by atoms with E-state index in [1.54, 1.807) is 16.2 Å². The van der Waals surface area contributed by atoms with E-state index in [4.69, 9.17) is 4.74 Å². The van der Waals surface area contributed by atoms with Crippen LogP contribution in [-0.2, 0) is 16.0 Å². The van der Waals surface area contributed by atoms with Gasteiger partial charge in [-0.3, -0.25) is 9.59 Å². The molecule has 186 valence electrons. The molecular weight excluding hydrogens is 444 g/mol. The molecule has 0 unspecified atom stereocenters.